The molecule has 0 amide bonds. The van der Waals surface area contributed by atoms with E-state index in [2.05, 4.69) is 24.2 Å². The minimum Gasteiger partial charge on any atom is -0.314 e. The molecule has 0 bridgehead atoms. The molecular weight excluding hydrogens is 196 g/mol. The summed E-state index contributed by atoms with van der Waals surface area (Å²) in [5.74, 6) is 1.04. The maximum atomic E-state index is 3.67. The Morgan fingerprint density at radius 2 is 1.75 bits per heavy atom. The molecule has 16 heavy (non-hydrogen) atoms. The molecular formula is C14H28N2. The Kier molecular flexibility index (Phi) is 4.66. The molecule has 2 aliphatic carbocycles. The summed E-state index contributed by atoms with van der Waals surface area (Å²) in [5.41, 5.74) is 0. The van der Waals surface area contributed by atoms with Crippen LogP contribution in [0.25, 0.3) is 0 Å². The Morgan fingerprint density at radius 3 is 2.31 bits per heavy atom. The van der Waals surface area contributed by atoms with E-state index in [1.165, 1.54) is 58.0 Å². The van der Waals surface area contributed by atoms with Crippen LogP contribution in [0.3, 0.4) is 0 Å². The van der Waals surface area contributed by atoms with Gasteiger partial charge in [-0.15, -0.1) is 0 Å². The standard InChI is InChI=1S/C14H28N2/c1-3-10-15-13-6-8-14(9-7-13)16(2)11-12-4-5-12/h12-15H,3-11H2,1-2H3. The van der Waals surface area contributed by atoms with Gasteiger partial charge in [0.05, 0.1) is 0 Å². The lowest BCUT2D eigenvalue weighted by molar-refractivity contribution is 0.169. The van der Waals surface area contributed by atoms with Crippen molar-refractivity contribution < 1.29 is 0 Å². The highest BCUT2D eigenvalue weighted by Gasteiger charge is 2.28. The van der Waals surface area contributed by atoms with Crippen molar-refractivity contribution in [1.82, 2.24) is 10.2 Å². The van der Waals surface area contributed by atoms with Gasteiger partial charge in [0.2, 0.25) is 0 Å². The highest BCUT2D eigenvalue weighted by molar-refractivity contribution is 4.84. The number of rotatable bonds is 6. The maximum Gasteiger partial charge on any atom is 0.00934 e. The van der Waals surface area contributed by atoms with Crippen LogP contribution in [0.2, 0.25) is 0 Å². The second-order valence-electron chi connectivity index (χ2n) is 5.84. The van der Waals surface area contributed by atoms with Gasteiger partial charge in [0.15, 0.2) is 0 Å². The van der Waals surface area contributed by atoms with Crippen molar-refractivity contribution >= 4 is 0 Å². The third-order valence-electron chi connectivity index (χ3n) is 4.25. The Morgan fingerprint density at radius 1 is 1.06 bits per heavy atom. The first-order chi connectivity index (χ1) is 7.79. The first-order valence-corrected chi connectivity index (χ1v) is 7.23. The van der Waals surface area contributed by atoms with Crippen molar-refractivity contribution in [2.45, 2.75) is 64.0 Å². The van der Waals surface area contributed by atoms with Crippen molar-refractivity contribution in [2.75, 3.05) is 20.1 Å². The molecule has 2 nitrogen and oxygen atoms in total. The zero-order chi connectivity index (χ0) is 11.4. The van der Waals surface area contributed by atoms with Crippen LogP contribution in [-0.2, 0) is 0 Å². The van der Waals surface area contributed by atoms with Gasteiger partial charge < -0.3 is 10.2 Å². The van der Waals surface area contributed by atoms with Gasteiger partial charge in [0.25, 0.3) is 0 Å². The Hall–Kier alpha value is -0.0800. The van der Waals surface area contributed by atoms with Gasteiger partial charge in [-0.05, 0) is 64.5 Å². The first kappa shape index (κ1) is 12.4. The first-order valence-electron chi connectivity index (χ1n) is 7.23. The molecule has 0 aromatic heterocycles. The number of hydrogen-bond acceptors (Lipinski definition) is 2. The third kappa shape index (κ3) is 3.74. The van der Waals surface area contributed by atoms with Crippen LogP contribution in [0.5, 0.6) is 0 Å². The number of nitrogens with zero attached hydrogens (tertiary/aromatic N) is 1. The Balaban J connectivity index is 1.63. The summed E-state index contributed by atoms with van der Waals surface area (Å²) in [5, 5.41) is 3.67. The third-order valence-corrected chi connectivity index (χ3v) is 4.25. The van der Waals surface area contributed by atoms with E-state index < -0.39 is 0 Å². The van der Waals surface area contributed by atoms with Gasteiger partial charge >= 0.3 is 0 Å². The summed E-state index contributed by atoms with van der Waals surface area (Å²) in [4.78, 5) is 2.63. The molecule has 0 heterocycles. The summed E-state index contributed by atoms with van der Waals surface area (Å²) < 4.78 is 0. The SMILES string of the molecule is CCCNC1CCC(N(C)CC2CC2)CC1. The van der Waals surface area contributed by atoms with Crippen molar-refractivity contribution in [1.29, 1.82) is 0 Å². The molecule has 2 heteroatoms. The number of nitrogens with one attached hydrogen (secondary N) is 1. The highest BCUT2D eigenvalue weighted by Crippen LogP contribution is 2.31. The van der Waals surface area contributed by atoms with Crippen molar-refractivity contribution in [3.05, 3.63) is 0 Å². The lowest BCUT2D eigenvalue weighted by atomic mass is 9.90. The lowest BCUT2D eigenvalue weighted by Crippen LogP contribution is -2.41. The fourth-order valence-corrected chi connectivity index (χ4v) is 2.93. The van der Waals surface area contributed by atoms with Gasteiger partial charge in [-0.25, -0.2) is 0 Å². The van der Waals surface area contributed by atoms with E-state index in [9.17, 15) is 0 Å². The van der Waals surface area contributed by atoms with Crippen LogP contribution in [-0.4, -0.2) is 37.1 Å². The van der Waals surface area contributed by atoms with E-state index in [1.54, 1.807) is 0 Å². The lowest BCUT2D eigenvalue weighted by Gasteiger charge is -2.35. The van der Waals surface area contributed by atoms with Gasteiger partial charge in [-0.3, -0.25) is 0 Å². The molecule has 94 valence electrons. The molecule has 0 aliphatic heterocycles. The smallest absolute Gasteiger partial charge is 0.00934 e. The summed E-state index contributed by atoms with van der Waals surface area (Å²) in [6, 6.07) is 1.69. The second-order valence-corrected chi connectivity index (χ2v) is 5.84. The fourth-order valence-electron chi connectivity index (χ4n) is 2.93. The molecule has 0 spiro atoms. The van der Waals surface area contributed by atoms with Crippen LogP contribution >= 0.6 is 0 Å². The number of hydrogen-bond donors (Lipinski definition) is 1. The predicted octanol–water partition coefficient (Wildman–Crippen LogP) is 2.64. The summed E-state index contributed by atoms with van der Waals surface area (Å²) in [7, 11) is 2.34. The van der Waals surface area contributed by atoms with Gasteiger partial charge in [-0.1, -0.05) is 6.92 Å². The molecule has 2 aliphatic rings. The second kappa shape index (κ2) is 6.02. The topological polar surface area (TPSA) is 15.3 Å². The normalized spacial score (nSPS) is 30.9. The quantitative estimate of drug-likeness (QED) is 0.746. The van der Waals surface area contributed by atoms with Crippen molar-refractivity contribution in [2.24, 2.45) is 5.92 Å². The molecule has 0 aromatic rings. The van der Waals surface area contributed by atoms with Gasteiger partial charge in [0, 0.05) is 18.6 Å². The van der Waals surface area contributed by atoms with E-state index >= 15 is 0 Å². The molecule has 0 radical (unpaired) electrons. The average molecular weight is 224 g/mol. The van der Waals surface area contributed by atoms with Crippen molar-refractivity contribution in [3.8, 4) is 0 Å². The summed E-state index contributed by atoms with van der Waals surface area (Å²) >= 11 is 0. The molecule has 0 aromatic carbocycles. The molecule has 2 saturated carbocycles. The van der Waals surface area contributed by atoms with Gasteiger partial charge in [-0.2, -0.15) is 0 Å². The molecule has 2 rings (SSSR count). The van der Waals surface area contributed by atoms with Gasteiger partial charge in [0.1, 0.15) is 0 Å². The van der Waals surface area contributed by atoms with E-state index in [0.29, 0.717) is 0 Å². The monoisotopic (exact) mass is 224 g/mol. The molecule has 0 unspecified atom stereocenters. The van der Waals surface area contributed by atoms with E-state index in [1.807, 2.05) is 0 Å². The van der Waals surface area contributed by atoms with Crippen molar-refractivity contribution in [3.63, 3.8) is 0 Å². The van der Waals surface area contributed by atoms with Crippen LogP contribution in [0.4, 0.5) is 0 Å². The molecule has 1 N–H and O–H groups in total. The zero-order valence-electron chi connectivity index (χ0n) is 11.0. The minimum atomic E-state index is 0.811. The maximum absolute atomic E-state index is 3.67. The van der Waals surface area contributed by atoms with Crippen LogP contribution in [0.15, 0.2) is 0 Å². The Bertz CT molecular complexity index is 193. The average Bonchev–Trinajstić information content (AvgIpc) is 3.11. The largest absolute Gasteiger partial charge is 0.314 e. The van der Waals surface area contributed by atoms with Crippen LogP contribution < -0.4 is 5.32 Å². The highest BCUT2D eigenvalue weighted by atomic mass is 15.1. The van der Waals surface area contributed by atoms with Crippen LogP contribution in [0, 0.1) is 5.92 Å². The van der Waals surface area contributed by atoms with E-state index in [4.69, 9.17) is 0 Å². The summed E-state index contributed by atoms with van der Waals surface area (Å²) in [6.45, 7) is 4.81. The minimum absolute atomic E-state index is 0.811. The van der Waals surface area contributed by atoms with E-state index in [0.717, 1.165) is 18.0 Å². The molecule has 0 saturated heterocycles. The fraction of sp³-hybridized carbons (Fsp3) is 1.00. The van der Waals surface area contributed by atoms with Crippen LogP contribution in [0.1, 0.15) is 51.9 Å². The zero-order valence-corrected chi connectivity index (χ0v) is 11.0. The molecule has 2 fully saturated rings. The molecule has 0 atom stereocenters. The van der Waals surface area contributed by atoms with E-state index in [-0.39, 0.29) is 0 Å². The Labute approximate surface area is 101 Å². The summed E-state index contributed by atoms with van der Waals surface area (Å²) in [6.07, 6.45) is 9.82. The predicted molar refractivity (Wildman–Crippen MR) is 69.7 cm³/mol.